The largest absolute Gasteiger partial charge is 0.309 e. The van der Waals surface area contributed by atoms with Crippen LogP contribution in [0.5, 0.6) is 0 Å². The smallest absolute Gasteiger partial charge is 0.240 e. The molecule has 0 atom stereocenters. The lowest BCUT2D eigenvalue weighted by molar-refractivity contribution is 0.590. The maximum atomic E-state index is 5.48. The van der Waals surface area contributed by atoms with Crippen LogP contribution in [0.2, 0.25) is 0 Å². The molecule has 292 valence electrons. The van der Waals surface area contributed by atoms with Crippen LogP contribution in [-0.4, -0.2) is 28.7 Å². The van der Waals surface area contributed by atoms with E-state index in [1.165, 1.54) is 32.8 Å². The van der Waals surface area contributed by atoms with E-state index < -0.39 is 0 Å². The molecule has 11 rings (SSSR count). The van der Waals surface area contributed by atoms with Gasteiger partial charge in [0.15, 0.2) is 5.82 Å². The van der Waals surface area contributed by atoms with Crippen LogP contribution in [0.3, 0.4) is 0 Å². The molecule has 0 saturated heterocycles. The van der Waals surface area contributed by atoms with Gasteiger partial charge in [-0.05, 0) is 95.6 Å². The molecule has 0 N–H and O–H groups in total. The van der Waals surface area contributed by atoms with Crippen LogP contribution in [0.1, 0.15) is 58.2 Å². The Morgan fingerprint density at radius 3 is 1.28 bits per heavy atom. The van der Waals surface area contributed by atoms with Crippen molar-refractivity contribution in [2.75, 3.05) is 0 Å². The molecule has 0 fully saturated rings. The summed E-state index contributed by atoms with van der Waals surface area (Å²) in [4.78, 5) is 16.4. The van der Waals surface area contributed by atoms with Crippen LogP contribution in [-0.2, 0) is 10.8 Å². The summed E-state index contributed by atoms with van der Waals surface area (Å²) in [5, 5.41) is 7.10. The molecule has 0 spiro atoms. The van der Waals surface area contributed by atoms with Crippen LogP contribution >= 0.6 is 0 Å². The number of rotatable bonds is 4. The zero-order valence-corrected chi connectivity index (χ0v) is 35.1. The molecular weight excluding hydrogens is 733 g/mol. The monoisotopic (exact) mass is 778 g/mol. The molecule has 0 aliphatic heterocycles. The highest BCUT2D eigenvalue weighted by molar-refractivity contribution is 6.12. The molecule has 4 aromatic heterocycles. The fourth-order valence-electron chi connectivity index (χ4n) is 9.19. The molecule has 7 aromatic carbocycles. The second kappa shape index (κ2) is 13.0. The number of aromatic nitrogens is 6. The minimum Gasteiger partial charge on any atom is -0.309 e. The van der Waals surface area contributed by atoms with Gasteiger partial charge in [0, 0.05) is 37.9 Å². The van der Waals surface area contributed by atoms with E-state index in [1.54, 1.807) is 0 Å². The van der Waals surface area contributed by atoms with Gasteiger partial charge in [-0.25, -0.2) is 0 Å². The van der Waals surface area contributed by atoms with E-state index in [-0.39, 0.29) is 10.8 Å². The van der Waals surface area contributed by atoms with Crippen molar-refractivity contribution in [3.05, 3.63) is 168 Å². The predicted molar refractivity (Wildman–Crippen MR) is 250 cm³/mol. The molecule has 0 saturated carbocycles. The summed E-state index contributed by atoms with van der Waals surface area (Å²) in [5.41, 5.74) is 12.2. The van der Waals surface area contributed by atoms with Crippen LogP contribution in [0.15, 0.2) is 152 Å². The molecule has 0 aliphatic rings. The zero-order chi connectivity index (χ0) is 41.1. The van der Waals surface area contributed by atoms with E-state index in [0.717, 1.165) is 60.5 Å². The number of benzene rings is 7. The van der Waals surface area contributed by atoms with Crippen molar-refractivity contribution in [2.45, 2.75) is 59.3 Å². The van der Waals surface area contributed by atoms with E-state index in [2.05, 4.69) is 214 Å². The van der Waals surface area contributed by atoms with Crippen LogP contribution in [0.25, 0.3) is 94.4 Å². The van der Waals surface area contributed by atoms with Crippen LogP contribution in [0.4, 0.5) is 0 Å². The molecular formula is C54H46N6. The molecule has 4 heterocycles. The molecule has 60 heavy (non-hydrogen) atoms. The van der Waals surface area contributed by atoms with E-state index in [9.17, 15) is 0 Å². The van der Waals surface area contributed by atoms with Gasteiger partial charge in [0.25, 0.3) is 0 Å². The van der Waals surface area contributed by atoms with Crippen molar-refractivity contribution in [2.24, 2.45) is 0 Å². The first kappa shape index (κ1) is 36.1. The molecule has 0 unspecified atom stereocenters. The SMILES string of the molecule is Cc1ccc2c(c1)c1ccccc1n2-c1nc(-c2ccccc2-n2c3ccc(C(C)(C)C)cc3c3cc(C(C)(C)C)ccc32)nc(-n2c3ccccc3c3ccccc32)n1. The summed E-state index contributed by atoms with van der Waals surface area (Å²) in [5.74, 6) is 1.72. The summed E-state index contributed by atoms with van der Waals surface area (Å²) < 4.78 is 6.81. The Balaban J connectivity index is 1.24. The molecule has 0 aliphatic carbocycles. The van der Waals surface area contributed by atoms with E-state index in [1.807, 2.05) is 0 Å². The third-order valence-corrected chi connectivity index (χ3v) is 12.3. The summed E-state index contributed by atoms with van der Waals surface area (Å²) >= 11 is 0. The van der Waals surface area contributed by atoms with Crippen molar-refractivity contribution in [3.63, 3.8) is 0 Å². The lowest BCUT2D eigenvalue weighted by Crippen LogP contribution is -2.11. The predicted octanol–water partition coefficient (Wildman–Crippen LogP) is 13.7. The first-order chi connectivity index (χ1) is 28.9. The van der Waals surface area contributed by atoms with Gasteiger partial charge in [0.05, 0.1) is 38.8 Å². The average molecular weight is 779 g/mol. The molecule has 11 aromatic rings. The molecule has 0 bridgehead atoms. The molecule has 0 radical (unpaired) electrons. The third-order valence-electron chi connectivity index (χ3n) is 12.3. The highest BCUT2D eigenvalue weighted by Gasteiger charge is 2.25. The number of hydrogen-bond acceptors (Lipinski definition) is 3. The Kier molecular flexibility index (Phi) is 7.80. The first-order valence-corrected chi connectivity index (χ1v) is 20.9. The van der Waals surface area contributed by atoms with Crippen molar-refractivity contribution in [1.82, 2.24) is 28.7 Å². The summed E-state index contributed by atoms with van der Waals surface area (Å²) in [6.07, 6.45) is 0. The maximum absolute atomic E-state index is 5.48. The van der Waals surface area contributed by atoms with Gasteiger partial charge in [-0.15, -0.1) is 0 Å². The fourth-order valence-corrected chi connectivity index (χ4v) is 9.19. The average Bonchev–Trinajstić information content (AvgIpc) is 3.88. The zero-order valence-electron chi connectivity index (χ0n) is 35.1. The van der Waals surface area contributed by atoms with Crippen molar-refractivity contribution >= 4 is 65.4 Å². The highest BCUT2D eigenvalue weighted by Crippen LogP contribution is 2.41. The normalized spacial score (nSPS) is 12.6. The van der Waals surface area contributed by atoms with E-state index >= 15 is 0 Å². The Bertz CT molecular complexity index is 3400. The Labute approximate surface area is 349 Å². The van der Waals surface area contributed by atoms with Gasteiger partial charge in [-0.2, -0.15) is 15.0 Å². The van der Waals surface area contributed by atoms with Gasteiger partial charge in [-0.1, -0.05) is 132 Å². The van der Waals surface area contributed by atoms with E-state index in [0.29, 0.717) is 17.7 Å². The Morgan fingerprint density at radius 2 is 0.767 bits per heavy atom. The topological polar surface area (TPSA) is 53.5 Å². The third kappa shape index (κ3) is 5.51. The van der Waals surface area contributed by atoms with Gasteiger partial charge >= 0.3 is 0 Å². The number of aryl methyl sites for hydroxylation is 1. The minimum atomic E-state index is -0.00183. The van der Waals surface area contributed by atoms with Crippen LogP contribution in [0, 0.1) is 6.92 Å². The molecule has 6 heteroatoms. The van der Waals surface area contributed by atoms with Crippen molar-refractivity contribution in [3.8, 4) is 29.0 Å². The number of nitrogens with zero attached hydrogens (tertiary/aromatic N) is 6. The van der Waals surface area contributed by atoms with E-state index in [4.69, 9.17) is 15.0 Å². The highest BCUT2D eigenvalue weighted by atomic mass is 15.3. The molecule has 6 nitrogen and oxygen atoms in total. The number of hydrogen-bond donors (Lipinski definition) is 0. The van der Waals surface area contributed by atoms with Gasteiger partial charge in [-0.3, -0.25) is 9.13 Å². The second-order valence-electron chi connectivity index (χ2n) is 18.3. The van der Waals surface area contributed by atoms with Crippen molar-refractivity contribution < 1.29 is 0 Å². The first-order valence-electron chi connectivity index (χ1n) is 20.9. The van der Waals surface area contributed by atoms with Crippen molar-refractivity contribution in [1.29, 1.82) is 0 Å². The Morgan fingerprint density at radius 1 is 0.367 bits per heavy atom. The standard InChI is InChI=1S/C54H46N6/c1-33-24-27-49-40(30-33)38-18-10-14-22-45(38)60(49)52-56-50(55-51(57-52)59-43-20-12-8-16-36(43)37-17-9-13-21-44(37)59)39-19-11-15-23-46(39)58-47-28-25-34(53(2,3)4)31-41(47)42-32-35(54(5,6)7)26-29-48(42)58/h8-32H,1-7H3. The lowest BCUT2D eigenvalue weighted by Gasteiger charge is -2.19. The summed E-state index contributed by atoms with van der Waals surface area (Å²) in [7, 11) is 0. The number of para-hydroxylation sites is 4. The second-order valence-corrected chi connectivity index (χ2v) is 18.3. The maximum Gasteiger partial charge on any atom is 0.240 e. The fraction of sp³-hybridized carbons (Fsp3) is 0.167. The molecule has 0 amide bonds. The summed E-state index contributed by atoms with van der Waals surface area (Å²) in [6.45, 7) is 15.9. The minimum absolute atomic E-state index is 0.00183. The summed E-state index contributed by atoms with van der Waals surface area (Å²) in [6, 6.07) is 54.8. The van der Waals surface area contributed by atoms with Gasteiger partial charge in [0.1, 0.15) is 0 Å². The lowest BCUT2D eigenvalue weighted by atomic mass is 9.85. The Hall–Kier alpha value is -7.05. The van der Waals surface area contributed by atoms with Gasteiger partial charge in [0.2, 0.25) is 11.9 Å². The van der Waals surface area contributed by atoms with Crippen LogP contribution < -0.4 is 0 Å². The van der Waals surface area contributed by atoms with Gasteiger partial charge < -0.3 is 4.57 Å². The quantitative estimate of drug-likeness (QED) is 0.179. The number of fused-ring (bicyclic) bond motifs is 9.